The van der Waals surface area contributed by atoms with Crippen LogP contribution in [0.3, 0.4) is 0 Å². The summed E-state index contributed by atoms with van der Waals surface area (Å²) in [5.41, 5.74) is 6.48. The topological polar surface area (TPSA) is 26.0 Å². The van der Waals surface area contributed by atoms with Crippen LogP contribution >= 0.6 is 11.6 Å². The second kappa shape index (κ2) is 4.40. The van der Waals surface area contributed by atoms with Crippen LogP contribution in [0.4, 0.5) is 4.39 Å². The van der Waals surface area contributed by atoms with Gasteiger partial charge < -0.3 is 5.73 Å². The Morgan fingerprint density at radius 1 is 1.54 bits per heavy atom. The number of rotatable bonds is 2. The fourth-order valence-electron chi connectivity index (χ4n) is 0.965. The molecular formula is C10H11ClFN. The molecule has 1 aromatic carbocycles. The van der Waals surface area contributed by atoms with E-state index >= 15 is 0 Å². The minimum absolute atomic E-state index is 0.288. The molecule has 0 aliphatic heterocycles. The summed E-state index contributed by atoms with van der Waals surface area (Å²) in [5.74, 6) is -0.288. The average Bonchev–Trinajstić information content (AvgIpc) is 2.10. The zero-order valence-electron chi connectivity index (χ0n) is 7.35. The largest absolute Gasteiger partial charge is 0.327 e. The number of halogens is 2. The Kier molecular flexibility index (Phi) is 3.46. The van der Waals surface area contributed by atoms with Crippen LogP contribution in [0.15, 0.2) is 18.2 Å². The third kappa shape index (κ3) is 2.54. The Balaban J connectivity index is 3.06. The predicted molar refractivity (Wildman–Crippen MR) is 54.2 cm³/mol. The fourth-order valence-corrected chi connectivity index (χ4v) is 1.18. The van der Waals surface area contributed by atoms with Crippen LogP contribution in [-0.2, 0) is 0 Å². The molecule has 0 aromatic heterocycles. The molecule has 0 heterocycles. The summed E-state index contributed by atoms with van der Waals surface area (Å²) in [5, 5.41) is 0.441. The van der Waals surface area contributed by atoms with E-state index in [-0.39, 0.29) is 5.82 Å². The monoisotopic (exact) mass is 199 g/mol. The van der Waals surface area contributed by atoms with Gasteiger partial charge in [-0.15, -0.1) is 0 Å². The van der Waals surface area contributed by atoms with Gasteiger partial charge in [0.25, 0.3) is 0 Å². The lowest BCUT2D eigenvalue weighted by Gasteiger charge is -2.01. The fraction of sp³-hybridized carbons (Fsp3) is 0.200. The number of hydrogen-bond donors (Lipinski definition) is 1. The zero-order chi connectivity index (χ0) is 9.84. The van der Waals surface area contributed by atoms with E-state index in [4.69, 9.17) is 17.3 Å². The lowest BCUT2D eigenvalue weighted by molar-refractivity contribution is 0.618. The van der Waals surface area contributed by atoms with E-state index in [1.165, 1.54) is 6.07 Å². The summed E-state index contributed by atoms with van der Waals surface area (Å²) in [6, 6.07) is 3.15. The third-order valence-corrected chi connectivity index (χ3v) is 2.14. The molecule has 0 fully saturated rings. The van der Waals surface area contributed by atoms with Crippen molar-refractivity contribution >= 4 is 17.7 Å². The van der Waals surface area contributed by atoms with Crippen LogP contribution in [0.5, 0.6) is 0 Å². The Morgan fingerprint density at radius 3 is 2.77 bits per heavy atom. The van der Waals surface area contributed by atoms with Gasteiger partial charge in [-0.3, -0.25) is 0 Å². The number of hydrogen-bond acceptors (Lipinski definition) is 1. The first kappa shape index (κ1) is 10.2. The molecule has 0 bridgehead atoms. The van der Waals surface area contributed by atoms with Crippen LogP contribution in [0.2, 0.25) is 5.02 Å². The van der Waals surface area contributed by atoms with Gasteiger partial charge in [0.2, 0.25) is 0 Å². The molecule has 0 aliphatic rings. The molecule has 0 saturated heterocycles. The van der Waals surface area contributed by atoms with Gasteiger partial charge in [-0.1, -0.05) is 23.8 Å². The van der Waals surface area contributed by atoms with Crippen molar-refractivity contribution in [2.24, 2.45) is 5.73 Å². The minimum Gasteiger partial charge on any atom is -0.327 e. The maximum atomic E-state index is 13.1. The molecule has 0 spiro atoms. The Labute approximate surface area is 82.0 Å². The van der Waals surface area contributed by atoms with Crippen molar-refractivity contribution in [3.63, 3.8) is 0 Å². The molecule has 13 heavy (non-hydrogen) atoms. The highest BCUT2D eigenvalue weighted by molar-refractivity contribution is 6.31. The first-order chi connectivity index (χ1) is 6.15. The molecule has 1 rings (SSSR count). The first-order valence-electron chi connectivity index (χ1n) is 3.97. The molecule has 0 amide bonds. The van der Waals surface area contributed by atoms with E-state index in [0.717, 1.165) is 5.56 Å². The highest BCUT2D eigenvalue weighted by atomic mass is 35.5. The highest BCUT2D eigenvalue weighted by Crippen LogP contribution is 2.20. The molecule has 1 nitrogen and oxygen atoms in total. The zero-order valence-corrected chi connectivity index (χ0v) is 8.11. The Morgan fingerprint density at radius 2 is 2.23 bits per heavy atom. The second-order valence-electron chi connectivity index (χ2n) is 2.75. The van der Waals surface area contributed by atoms with Crippen molar-refractivity contribution in [3.8, 4) is 0 Å². The van der Waals surface area contributed by atoms with E-state index in [1.54, 1.807) is 25.1 Å². The van der Waals surface area contributed by atoms with Crippen molar-refractivity contribution in [3.05, 3.63) is 40.2 Å². The summed E-state index contributed by atoms with van der Waals surface area (Å²) in [6.45, 7) is 2.08. The summed E-state index contributed by atoms with van der Waals surface area (Å²) in [7, 11) is 0. The lowest BCUT2D eigenvalue weighted by Crippen LogP contribution is -1.92. The normalized spacial score (nSPS) is 11.1. The van der Waals surface area contributed by atoms with Crippen molar-refractivity contribution < 1.29 is 4.39 Å². The van der Waals surface area contributed by atoms with Gasteiger partial charge >= 0.3 is 0 Å². The van der Waals surface area contributed by atoms with Gasteiger partial charge in [0.05, 0.1) is 0 Å². The van der Waals surface area contributed by atoms with Crippen molar-refractivity contribution in [2.45, 2.75) is 6.92 Å². The first-order valence-corrected chi connectivity index (χ1v) is 4.35. The molecule has 0 aliphatic carbocycles. The number of benzene rings is 1. The van der Waals surface area contributed by atoms with Crippen molar-refractivity contribution in [1.82, 2.24) is 0 Å². The molecule has 1 aromatic rings. The minimum atomic E-state index is -0.288. The van der Waals surface area contributed by atoms with Gasteiger partial charge in [-0.2, -0.15) is 0 Å². The lowest BCUT2D eigenvalue weighted by atomic mass is 10.1. The van der Waals surface area contributed by atoms with Crippen LogP contribution < -0.4 is 5.73 Å². The molecule has 3 heteroatoms. The van der Waals surface area contributed by atoms with E-state index < -0.39 is 0 Å². The molecular weight excluding hydrogens is 189 g/mol. The molecule has 0 atom stereocenters. The summed E-state index contributed by atoms with van der Waals surface area (Å²) < 4.78 is 13.1. The third-order valence-electron chi connectivity index (χ3n) is 1.75. The van der Waals surface area contributed by atoms with Crippen LogP contribution in [0.25, 0.3) is 6.08 Å². The van der Waals surface area contributed by atoms with Crippen molar-refractivity contribution in [1.29, 1.82) is 0 Å². The van der Waals surface area contributed by atoms with E-state index in [1.807, 2.05) is 0 Å². The van der Waals surface area contributed by atoms with Gasteiger partial charge in [-0.05, 0) is 24.6 Å². The predicted octanol–water partition coefficient (Wildman–Crippen LogP) is 2.76. The Hall–Kier alpha value is -0.860. The molecule has 70 valence electrons. The smallest absolute Gasteiger partial charge is 0.128 e. The maximum absolute atomic E-state index is 13.1. The van der Waals surface area contributed by atoms with E-state index in [0.29, 0.717) is 17.1 Å². The summed E-state index contributed by atoms with van der Waals surface area (Å²) >= 11 is 5.79. The van der Waals surface area contributed by atoms with Crippen molar-refractivity contribution in [2.75, 3.05) is 6.54 Å². The molecule has 2 N–H and O–H groups in total. The maximum Gasteiger partial charge on any atom is 0.128 e. The Bertz CT molecular complexity index is 311. The second-order valence-corrected chi connectivity index (χ2v) is 3.15. The molecule has 0 unspecified atom stereocenters. The van der Waals surface area contributed by atoms with Gasteiger partial charge in [0, 0.05) is 17.1 Å². The molecule has 0 radical (unpaired) electrons. The highest BCUT2D eigenvalue weighted by Gasteiger charge is 2.02. The van der Waals surface area contributed by atoms with E-state index in [9.17, 15) is 4.39 Å². The summed E-state index contributed by atoms with van der Waals surface area (Å²) in [6.07, 6.45) is 3.49. The average molecular weight is 200 g/mol. The van der Waals surface area contributed by atoms with Gasteiger partial charge in [0.15, 0.2) is 0 Å². The van der Waals surface area contributed by atoms with E-state index in [2.05, 4.69) is 0 Å². The van der Waals surface area contributed by atoms with Gasteiger partial charge in [-0.25, -0.2) is 4.39 Å². The quantitative estimate of drug-likeness (QED) is 0.779. The standard InChI is InChI=1S/C10H11ClFN/c1-7-9(11)5-8(3-2-4-13)6-10(7)12/h2-3,5-6H,4,13H2,1H3/b3-2+. The van der Waals surface area contributed by atoms with Gasteiger partial charge in [0.1, 0.15) is 5.82 Å². The molecule has 0 saturated carbocycles. The summed E-state index contributed by atoms with van der Waals surface area (Å²) in [4.78, 5) is 0. The number of nitrogens with two attached hydrogens (primary N) is 1. The van der Waals surface area contributed by atoms with Crippen LogP contribution in [0, 0.1) is 12.7 Å². The van der Waals surface area contributed by atoms with Crippen LogP contribution in [-0.4, -0.2) is 6.54 Å². The van der Waals surface area contributed by atoms with Crippen LogP contribution in [0.1, 0.15) is 11.1 Å². The SMILES string of the molecule is Cc1c(F)cc(/C=C/CN)cc1Cl.